The molecule has 0 fully saturated rings. The number of hydrogen-bond donors (Lipinski definition) is 2. The molecular weight excluding hydrogens is 400 g/mol. The molecule has 1 amide bonds. The van der Waals surface area contributed by atoms with Gasteiger partial charge in [-0.15, -0.1) is 0 Å². The van der Waals surface area contributed by atoms with Gasteiger partial charge in [0, 0.05) is 7.05 Å². The lowest BCUT2D eigenvalue weighted by Crippen LogP contribution is -2.42. The number of amides is 1. The molecule has 0 bridgehead atoms. The van der Waals surface area contributed by atoms with Gasteiger partial charge >= 0.3 is 5.69 Å². The highest BCUT2D eigenvalue weighted by molar-refractivity contribution is 5.96. The van der Waals surface area contributed by atoms with Crippen molar-refractivity contribution in [3.8, 4) is 11.5 Å². The van der Waals surface area contributed by atoms with E-state index in [-0.39, 0.29) is 30.4 Å². The molecule has 0 aliphatic carbocycles. The fourth-order valence-electron chi connectivity index (χ4n) is 3.20. The van der Waals surface area contributed by atoms with Crippen LogP contribution in [0.15, 0.2) is 58.1 Å². The van der Waals surface area contributed by atoms with Gasteiger partial charge in [-0.2, -0.15) is 0 Å². The number of nitrogens with two attached hydrogens (primary N) is 1. The largest absolute Gasteiger partial charge is 0.493 e. The molecule has 3 rings (SSSR count). The molecule has 9 nitrogen and oxygen atoms in total. The van der Waals surface area contributed by atoms with Crippen molar-refractivity contribution in [2.75, 3.05) is 24.9 Å². The van der Waals surface area contributed by atoms with Crippen LogP contribution in [0.3, 0.4) is 0 Å². The third-order valence-electron chi connectivity index (χ3n) is 4.87. The van der Waals surface area contributed by atoms with Gasteiger partial charge in [0.2, 0.25) is 5.91 Å². The second-order valence-corrected chi connectivity index (χ2v) is 6.89. The number of carbonyl (C=O) groups excluding carboxylic acids is 1. The molecule has 0 aliphatic rings. The topological polar surface area (TPSA) is 120 Å². The molecule has 0 atom stereocenters. The Hall–Kier alpha value is -4.01. The van der Waals surface area contributed by atoms with Gasteiger partial charge < -0.3 is 15.2 Å². The van der Waals surface area contributed by atoms with Crippen LogP contribution < -0.4 is 31.4 Å². The van der Waals surface area contributed by atoms with Crippen molar-refractivity contribution in [1.29, 1.82) is 0 Å². The first kappa shape index (κ1) is 21.7. The number of methoxy groups -OCH3 is 2. The first-order valence-electron chi connectivity index (χ1n) is 9.49. The zero-order valence-corrected chi connectivity index (χ0v) is 17.5. The fraction of sp³-hybridized carbons (Fsp3) is 0.227. The van der Waals surface area contributed by atoms with Gasteiger partial charge in [-0.3, -0.25) is 24.0 Å². The normalized spacial score (nSPS) is 10.5. The van der Waals surface area contributed by atoms with E-state index >= 15 is 0 Å². The molecule has 162 valence electrons. The molecule has 3 N–H and O–H groups in total. The van der Waals surface area contributed by atoms with E-state index < -0.39 is 11.2 Å². The van der Waals surface area contributed by atoms with Crippen LogP contribution in [-0.2, 0) is 24.8 Å². The van der Waals surface area contributed by atoms with Crippen LogP contribution in [-0.4, -0.2) is 29.7 Å². The van der Waals surface area contributed by atoms with E-state index in [1.807, 2.05) is 30.3 Å². The van der Waals surface area contributed by atoms with E-state index in [0.29, 0.717) is 17.1 Å². The summed E-state index contributed by atoms with van der Waals surface area (Å²) in [7, 11) is 4.36. The SMILES string of the molecule is COc1ccc(CC(=O)N(Cc2ccccc2)c2c(N)[nH]c(=O)n(C)c2=O)cc1OC. The summed E-state index contributed by atoms with van der Waals surface area (Å²) >= 11 is 0. The summed E-state index contributed by atoms with van der Waals surface area (Å²) in [4.78, 5) is 41.7. The fourth-order valence-corrected chi connectivity index (χ4v) is 3.20. The zero-order chi connectivity index (χ0) is 22.5. The van der Waals surface area contributed by atoms with Gasteiger partial charge in [0.05, 0.1) is 27.2 Å². The van der Waals surface area contributed by atoms with E-state index in [1.165, 1.54) is 26.2 Å². The second kappa shape index (κ2) is 9.21. The number of aromatic nitrogens is 2. The minimum atomic E-state index is -0.655. The van der Waals surface area contributed by atoms with Gasteiger partial charge in [-0.05, 0) is 23.3 Å². The lowest BCUT2D eigenvalue weighted by molar-refractivity contribution is -0.118. The first-order valence-corrected chi connectivity index (χ1v) is 9.49. The highest BCUT2D eigenvalue weighted by Crippen LogP contribution is 2.28. The summed E-state index contributed by atoms with van der Waals surface area (Å²) in [6.45, 7) is 0.110. The number of hydrogen-bond acceptors (Lipinski definition) is 6. The molecule has 0 aliphatic heterocycles. The van der Waals surface area contributed by atoms with E-state index in [4.69, 9.17) is 15.2 Å². The first-order chi connectivity index (χ1) is 14.8. The summed E-state index contributed by atoms with van der Waals surface area (Å²) in [5.41, 5.74) is 6.05. The highest BCUT2D eigenvalue weighted by Gasteiger charge is 2.24. The average Bonchev–Trinajstić information content (AvgIpc) is 2.77. The van der Waals surface area contributed by atoms with Gasteiger partial charge in [0.1, 0.15) is 5.82 Å². The van der Waals surface area contributed by atoms with Crippen molar-refractivity contribution < 1.29 is 14.3 Å². The van der Waals surface area contributed by atoms with Gasteiger partial charge in [-0.1, -0.05) is 36.4 Å². The van der Waals surface area contributed by atoms with Gasteiger partial charge in [-0.25, -0.2) is 4.79 Å². The molecule has 3 aromatic rings. The van der Waals surface area contributed by atoms with Crippen LogP contribution in [0.25, 0.3) is 0 Å². The van der Waals surface area contributed by atoms with Crippen LogP contribution in [0.4, 0.5) is 11.5 Å². The van der Waals surface area contributed by atoms with Crippen molar-refractivity contribution in [2.45, 2.75) is 13.0 Å². The maximum absolute atomic E-state index is 13.3. The number of H-pyrrole nitrogens is 1. The summed E-state index contributed by atoms with van der Waals surface area (Å²) in [5, 5.41) is 0. The molecule has 9 heteroatoms. The molecule has 0 saturated heterocycles. The smallest absolute Gasteiger partial charge is 0.329 e. The number of aromatic amines is 1. The van der Waals surface area contributed by atoms with Crippen LogP contribution >= 0.6 is 0 Å². The predicted octanol–water partition coefficient (Wildman–Crippen LogP) is 1.45. The van der Waals surface area contributed by atoms with Crippen molar-refractivity contribution >= 4 is 17.4 Å². The number of ether oxygens (including phenoxy) is 2. The zero-order valence-electron chi connectivity index (χ0n) is 17.5. The molecule has 1 heterocycles. The quantitative estimate of drug-likeness (QED) is 0.592. The molecule has 0 radical (unpaired) electrons. The number of anilines is 2. The van der Waals surface area contributed by atoms with Gasteiger partial charge in [0.25, 0.3) is 5.56 Å². The number of nitrogen functional groups attached to an aromatic ring is 1. The molecule has 31 heavy (non-hydrogen) atoms. The molecular formula is C22H24N4O5. The Morgan fingerprint density at radius 2 is 1.71 bits per heavy atom. The van der Waals surface area contributed by atoms with E-state index in [9.17, 15) is 14.4 Å². The van der Waals surface area contributed by atoms with E-state index in [2.05, 4.69) is 4.98 Å². The van der Waals surface area contributed by atoms with Crippen LogP contribution in [0.1, 0.15) is 11.1 Å². The maximum Gasteiger partial charge on any atom is 0.329 e. The Labute approximate surface area is 178 Å². The lowest BCUT2D eigenvalue weighted by atomic mass is 10.1. The molecule has 0 spiro atoms. The number of rotatable bonds is 7. The van der Waals surface area contributed by atoms with Crippen molar-refractivity contribution in [3.05, 3.63) is 80.5 Å². The number of benzene rings is 2. The number of nitrogens with zero attached hydrogens (tertiary/aromatic N) is 2. The Morgan fingerprint density at radius 1 is 1.03 bits per heavy atom. The average molecular weight is 424 g/mol. The Kier molecular flexibility index (Phi) is 6.44. The van der Waals surface area contributed by atoms with Crippen molar-refractivity contribution in [3.63, 3.8) is 0 Å². The summed E-state index contributed by atoms with van der Waals surface area (Å²) < 4.78 is 11.4. The van der Waals surface area contributed by atoms with E-state index in [0.717, 1.165) is 10.1 Å². The van der Waals surface area contributed by atoms with Gasteiger partial charge in [0.15, 0.2) is 17.2 Å². The summed E-state index contributed by atoms with van der Waals surface area (Å²) in [6, 6.07) is 14.3. The predicted molar refractivity (Wildman–Crippen MR) is 118 cm³/mol. The van der Waals surface area contributed by atoms with Crippen LogP contribution in [0.5, 0.6) is 11.5 Å². The minimum Gasteiger partial charge on any atom is -0.493 e. The second-order valence-electron chi connectivity index (χ2n) is 6.89. The van der Waals surface area contributed by atoms with Crippen molar-refractivity contribution in [2.24, 2.45) is 7.05 Å². The summed E-state index contributed by atoms with van der Waals surface area (Å²) in [5.74, 6) is 0.497. The maximum atomic E-state index is 13.3. The van der Waals surface area contributed by atoms with Crippen LogP contribution in [0, 0.1) is 0 Å². The molecule has 2 aromatic carbocycles. The molecule has 1 aromatic heterocycles. The molecule has 0 saturated carbocycles. The summed E-state index contributed by atoms with van der Waals surface area (Å²) in [6.07, 6.45) is -0.0189. The highest BCUT2D eigenvalue weighted by atomic mass is 16.5. The van der Waals surface area contributed by atoms with Crippen molar-refractivity contribution in [1.82, 2.24) is 9.55 Å². The Balaban J connectivity index is 2.03. The van der Waals surface area contributed by atoms with E-state index in [1.54, 1.807) is 18.2 Å². The number of carbonyl (C=O) groups is 1. The third kappa shape index (κ3) is 4.61. The minimum absolute atomic E-state index is 0.0189. The standard InChI is InChI=1S/C22H24N4O5/c1-25-21(28)19(20(23)24-22(25)29)26(13-14-7-5-4-6-8-14)18(27)12-15-9-10-16(30-2)17(11-15)31-3/h4-11H,12-13,23H2,1-3H3,(H,24,29). The Bertz CT molecular complexity index is 1200. The monoisotopic (exact) mass is 424 g/mol. The Morgan fingerprint density at radius 3 is 2.35 bits per heavy atom. The number of nitrogens with one attached hydrogen (secondary N) is 1. The van der Waals surface area contributed by atoms with Crippen LogP contribution in [0.2, 0.25) is 0 Å². The molecule has 0 unspecified atom stereocenters. The third-order valence-corrected chi connectivity index (χ3v) is 4.87. The lowest BCUT2D eigenvalue weighted by Gasteiger charge is -2.24.